The van der Waals surface area contributed by atoms with E-state index >= 15 is 0 Å². The van der Waals surface area contributed by atoms with Crippen LogP contribution in [0.1, 0.15) is 5.56 Å². The number of aliphatic carboxylic acids is 2. The quantitative estimate of drug-likeness (QED) is 0.647. The maximum Gasteiger partial charge on any atom is 0.414 e. The van der Waals surface area contributed by atoms with E-state index in [2.05, 4.69) is 4.90 Å². The Kier molecular flexibility index (Phi) is 8.47. The van der Waals surface area contributed by atoms with Crippen molar-refractivity contribution in [1.82, 2.24) is 9.21 Å². The molecule has 0 saturated carbocycles. The van der Waals surface area contributed by atoms with E-state index in [0.717, 1.165) is 17.9 Å². The first-order chi connectivity index (χ1) is 12.6. The average molecular weight is 404 g/mol. The van der Waals surface area contributed by atoms with Crippen LogP contribution in [0.4, 0.5) is 0 Å². The topological polar surface area (TPSA) is 134 Å². The Morgan fingerprint density at radius 3 is 2.00 bits per heavy atom. The summed E-state index contributed by atoms with van der Waals surface area (Å²) in [6, 6.07) is 5.80. The van der Waals surface area contributed by atoms with E-state index in [1.54, 1.807) is 14.2 Å². The fourth-order valence-electron chi connectivity index (χ4n) is 2.54. The lowest BCUT2D eigenvalue weighted by atomic mass is 10.1. The van der Waals surface area contributed by atoms with Gasteiger partial charge < -0.3 is 19.7 Å². The molecule has 0 aromatic heterocycles. The van der Waals surface area contributed by atoms with Gasteiger partial charge in [0.2, 0.25) is 10.0 Å². The second kappa shape index (κ2) is 10.1. The molecule has 11 heteroatoms. The monoisotopic (exact) mass is 404 g/mol. The molecule has 0 aliphatic carbocycles. The van der Waals surface area contributed by atoms with Crippen LogP contribution in [0.5, 0.6) is 11.5 Å². The number of ether oxygens (including phenoxy) is 2. The molecule has 0 radical (unpaired) electrons. The number of hydrogen-bond donors (Lipinski definition) is 2. The maximum atomic E-state index is 11.5. The van der Waals surface area contributed by atoms with Gasteiger partial charge in [0.05, 0.1) is 20.5 Å². The largest absolute Gasteiger partial charge is 0.493 e. The molecule has 1 aliphatic rings. The van der Waals surface area contributed by atoms with Crippen LogP contribution < -0.4 is 9.47 Å². The molecule has 2 rings (SSSR count). The normalized spacial score (nSPS) is 15.4. The Balaban J connectivity index is 0.000000527. The van der Waals surface area contributed by atoms with Crippen LogP contribution in [-0.2, 0) is 26.2 Å². The van der Waals surface area contributed by atoms with Crippen LogP contribution in [0.25, 0.3) is 0 Å². The van der Waals surface area contributed by atoms with Crippen LogP contribution in [0, 0.1) is 0 Å². The molecule has 0 bridgehead atoms. The van der Waals surface area contributed by atoms with Crippen molar-refractivity contribution in [3.05, 3.63) is 23.8 Å². The molecule has 0 amide bonds. The number of sulfonamides is 1. The molecule has 1 heterocycles. The molecule has 27 heavy (non-hydrogen) atoms. The first kappa shape index (κ1) is 22.7. The molecule has 1 fully saturated rings. The van der Waals surface area contributed by atoms with E-state index < -0.39 is 22.0 Å². The lowest BCUT2D eigenvalue weighted by molar-refractivity contribution is -0.159. The Morgan fingerprint density at radius 2 is 1.59 bits per heavy atom. The second-order valence-electron chi connectivity index (χ2n) is 5.70. The Labute approximate surface area is 157 Å². The molecule has 0 spiro atoms. The number of methoxy groups -OCH3 is 2. The van der Waals surface area contributed by atoms with E-state index in [-0.39, 0.29) is 0 Å². The van der Waals surface area contributed by atoms with Crippen molar-refractivity contribution < 1.29 is 37.7 Å². The molecule has 10 nitrogen and oxygen atoms in total. The van der Waals surface area contributed by atoms with Gasteiger partial charge in [0.1, 0.15) is 0 Å². The number of nitrogens with zero attached hydrogens (tertiary/aromatic N) is 2. The number of carboxylic acids is 2. The highest BCUT2D eigenvalue weighted by Gasteiger charge is 2.24. The van der Waals surface area contributed by atoms with E-state index in [9.17, 15) is 8.42 Å². The fourth-order valence-corrected chi connectivity index (χ4v) is 3.36. The number of para-hydroxylation sites is 1. The van der Waals surface area contributed by atoms with Gasteiger partial charge in [-0.3, -0.25) is 4.90 Å². The summed E-state index contributed by atoms with van der Waals surface area (Å²) in [6.07, 6.45) is 1.26. The number of carboxylic acid groups (broad SMARTS) is 2. The highest BCUT2D eigenvalue weighted by Crippen LogP contribution is 2.31. The number of benzene rings is 1. The SMILES string of the molecule is COc1cccc(CN2CCN(S(C)(=O)=O)CC2)c1OC.O=C(O)C(=O)O. The molecular weight excluding hydrogens is 380 g/mol. The van der Waals surface area contributed by atoms with Crippen molar-refractivity contribution in [3.8, 4) is 11.5 Å². The molecule has 1 aliphatic heterocycles. The third-order valence-corrected chi connectivity index (χ3v) is 5.16. The number of rotatable bonds is 5. The van der Waals surface area contributed by atoms with Gasteiger partial charge in [0, 0.05) is 38.3 Å². The minimum atomic E-state index is -3.08. The van der Waals surface area contributed by atoms with Crippen molar-refractivity contribution >= 4 is 22.0 Å². The zero-order valence-corrected chi connectivity index (χ0v) is 16.2. The van der Waals surface area contributed by atoms with Gasteiger partial charge >= 0.3 is 11.9 Å². The van der Waals surface area contributed by atoms with Crippen LogP contribution >= 0.6 is 0 Å². The van der Waals surface area contributed by atoms with Gasteiger partial charge in [-0.25, -0.2) is 18.0 Å². The predicted octanol–water partition coefficient (Wildman–Crippen LogP) is -0.0634. The number of carbonyl (C=O) groups is 2. The molecule has 1 aromatic rings. The van der Waals surface area contributed by atoms with E-state index in [0.29, 0.717) is 31.9 Å². The van der Waals surface area contributed by atoms with Gasteiger partial charge in [-0.15, -0.1) is 0 Å². The minimum absolute atomic E-state index is 0.533. The van der Waals surface area contributed by atoms with Crippen LogP contribution in [0.3, 0.4) is 0 Å². The van der Waals surface area contributed by atoms with E-state index in [4.69, 9.17) is 29.3 Å². The Morgan fingerprint density at radius 1 is 1.04 bits per heavy atom. The highest BCUT2D eigenvalue weighted by molar-refractivity contribution is 7.88. The molecule has 2 N–H and O–H groups in total. The summed E-state index contributed by atoms with van der Waals surface area (Å²) in [4.78, 5) is 20.4. The average Bonchev–Trinajstić information content (AvgIpc) is 2.61. The Bertz CT molecular complexity index is 746. The van der Waals surface area contributed by atoms with Crippen molar-refractivity contribution in [3.63, 3.8) is 0 Å². The molecule has 0 unspecified atom stereocenters. The predicted molar refractivity (Wildman–Crippen MR) is 96.5 cm³/mol. The second-order valence-corrected chi connectivity index (χ2v) is 7.68. The molecule has 1 saturated heterocycles. The van der Waals surface area contributed by atoms with Crippen molar-refractivity contribution in [2.24, 2.45) is 0 Å². The summed E-state index contributed by atoms with van der Waals surface area (Å²) in [6.45, 7) is 3.22. The van der Waals surface area contributed by atoms with Crippen LogP contribution in [0.15, 0.2) is 18.2 Å². The van der Waals surface area contributed by atoms with Crippen molar-refractivity contribution in [2.45, 2.75) is 6.54 Å². The summed E-state index contributed by atoms with van der Waals surface area (Å²) < 4.78 is 35.3. The van der Waals surface area contributed by atoms with Gasteiger partial charge in [-0.2, -0.15) is 4.31 Å². The standard InChI is InChI=1S/C14H22N2O4S.C2H2O4/c1-19-13-6-4-5-12(14(13)20-2)11-15-7-9-16(10-8-15)21(3,17)18;3-1(4)2(5)6/h4-6H,7-11H2,1-3H3;(H,3,4)(H,5,6). The molecule has 1 aromatic carbocycles. The van der Waals surface area contributed by atoms with Gasteiger partial charge in [0.15, 0.2) is 11.5 Å². The Hall–Kier alpha value is -2.37. The minimum Gasteiger partial charge on any atom is -0.493 e. The fraction of sp³-hybridized carbons (Fsp3) is 0.500. The number of hydrogen-bond acceptors (Lipinski definition) is 7. The first-order valence-corrected chi connectivity index (χ1v) is 9.78. The van der Waals surface area contributed by atoms with Gasteiger partial charge in [-0.05, 0) is 6.07 Å². The summed E-state index contributed by atoms with van der Waals surface area (Å²) in [5.41, 5.74) is 1.05. The summed E-state index contributed by atoms with van der Waals surface area (Å²) in [5.74, 6) is -2.19. The van der Waals surface area contributed by atoms with Crippen molar-refractivity contribution in [1.29, 1.82) is 0 Å². The van der Waals surface area contributed by atoms with Crippen LogP contribution in [-0.4, -0.2) is 86.4 Å². The van der Waals surface area contributed by atoms with E-state index in [1.165, 1.54) is 10.6 Å². The van der Waals surface area contributed by atoms with E-state index in [1.807, 2.05) is 18.2 Å². The molecule has 152 valence electrons. The zero-order valence-electron chi connectivity index (χ0n) is 15.4. The summed E-state index contributed by atoms with van der Waals surface area (Å²) in [7, 11) is 0.162. The third kappa shape index (κ3) is 7.04. The highest BCUT2D eigenvalue weighted by atomic mass is 32.2. The van der Waals surface area contributed by atoms with Crippen molar-refractivity contribution in [2.75, 3.05) is 46.7 Å². The van der Waals surface area contributed by atoms with Crippen LogP contribution in [0.2, 0.25) is 0 Å². The summed E-state index contributed by atoms with van der Waals surface area (Å²) >= 11 is 0. The third-order valence-electron chi connectivity index (χ3n) is 3.86. The lowest BCUT2D eigenvalue weighted by Gasteiger charge is -2.33. The molecule has 0 atom stereocenters. The number of piperazine rings is 1. The van der Waals surface area contributed by atoms with Gasteiger partial charge in [0.25, 0.3) is 0 Å². The lowest BCUT2D eigenvalue weighted by Crippen LogP contribution is -2.47. The van der Waals surface area contributed by atoms with Gasteiger partial charge in [-0.1, -0.05) is 12.1 Å². The zero-order chi connectivity index (χ0) is 20.6. The summed E-state index contributed by atoms with van der Waals surface area (Å²) in [5, 5.41) is 14.8. The molecular formula is C16H24N2O8S. The smallest absolute Gasteiger partial charge is 0.414 e. The maximum absolute atomic E-state index is 11.5. The first-order valence-electron chi connectivity index (χ1n) is 7.93.